The third-order valence-corrected chi connectivity index (χ3v) is 6.97. The van der Waals surface area contributed by atoms with E-state index in [1.165, 1.54) is 4.90 Å². The normalized spacial score (nSPS) is 12.2. The van der Waals surface area contributed by atoms with Crippen molar-refractivity contribution >= 4 is 59.4 Å². The minimum atomic E-state index is -3.73. The minimum Gasteiger partial charge on any atom is -0.354 e. The molecule has 0 aliphatic rings. The van der Waals surface area contributed by atoms with Crippen molar-refractivity contribution < 1.29 is 18.0 Å². The number of hydrogen-bond acceptors (Lipinski definition) is 4. The third-order valence-electron chi connectivity index (χ3n) is 4.78. The summed E-state index contributed by atoms with van der Waals surface area (Å²) in [5.74, 6) is -0.757. The first-order valence-corrected chi connectivity index (χ1v) is 13.5. The topological polar surface area (TPSA) is 86.8 Å². The second-order valence-electron chi connectivity index (χ2n) is 7.36. The maximum absolute atomic E-state index is 13.4. The lowest BCUT2D eigenvalue weighted by molar-refractivity contribution is -0.139. The van der Waals surface area contributed by atoms with Crippen molar-refractivity contribution in [3.05, 3.63) is 63.0 Å². The van der Waals surface area contributed by atoms with Gasteiger partial charge in [-0.25, -0.2) is 8.42 Å². The lowest BCUT2D eigenvalue weighted by Gasteiger charge is -2.31. The molecule has 2 rings (SSSR count). The number of nitrogens with zero attached hydrogens (tertiary/aromatic N) is 2. The number of benzene rings is 2. The number of sulfonamides is 1. The van der Waals surface area contributed by atoms with Crippen LogP contribution >= 0.6 is 31.9 Å². The van der Waals surface area contributed by atoms with Gasteiger partial charge in [-0.05, 0) is 55.3 Å². The summed E-state index contributed by atoms with van der Waals surface area (Å²) in [7, 11) is -3.73. The van der Waals surface area contributed by atoms with Crippen molar-refractivity contribution in [2.24, 2.45) is 0 Å². The van der Waals surface area contributed by atoms with E-state index in [0.717, 1.165) is 31.5 Å². The van der Waals surface area contributed by atoms with Crippen LogP contribution in [0.2, 0.25) is 0 Å². The predicted molar refractivity (Wildman–Crippen MR) is 134 cm³/mol. The van der Waals surface area contributed by atoms with Gasteiger partial charge in [-0.2, -0.15) is 0 Å². The summed E-state index contributed by atoms with van der Waals surface area (Å²) in [5.41, 5.74) is 1.20. The molecule has 0 aliphatic carbocycles. The number of rotatable bonds is 10. The Morgan fingerprint density at radius 1 is 1.00 bits per heavy atom. The first-order chi connectivity index (χ1) is 15.0. The number of anilines is 1. The molecule has 10 heteroatoms. The largest absolute Gasteiger partial charge is 0.354 e. The van der Waals surface area contributed by atoms with Gasteiger partial charge >= 0.3 is 0 Å². The van der Waals surface area contributed by atoms with Gasteiger partial charge in [0.2, 0.25) is 21.8 Å². The smallest absolute Gasteiger partial charge is 0.244 e. The molecule has 0 fully saturated rings. The van der Waals surface area contributed by atoms with Crippen LogP contribution in [0.5, 0.6) is 0 Å². The minimum absolute atomic E-state index is 0.171. The van der Waals surface area contributed by atoms with Gasteiger partial charge in [0.05, 0.1) is 11.9 Å². The van der Waals surface area contributed by atoms with Crippen molar-refractivity contribution in [3.8, 4) is 0 Å². The van der Waals surface area contributed by atoms with Gasteiger partial charge in [0.25, 0.3) is 0 Å². The van der Waals surface area contributed by atoms with Crippen LogP contribution in [0.3, 0.4) is 0 Å². The molecule has 1 N–H and O–H groups in total. The van der Waals surface area contributed by atoms with E-state index in [2.05, 4.69) is 37.2 Å². The van der Waals surface area contributed by atoms with Crippen LogP contribution < -0.4 is 9.62 Å². The SMILES string of the molecule is CCCNC(=O)C(C)N(Cc1ccc(Br)cc1)C(=O)CN(c1ccc(Br)cc1)S(C)(=O)=O. The Hall–Kier alpha value is -1.91. The predicted octanol–water partition coefficient (Wildman–Crippen LogP) is 3.92. The number of amides is 2. The summed E-state index contributed by atoms with van der Waals surface area (Å²) in [5, 5.41) is 2.81. The quantitative estimate of drug-likeness (QED) is 0.456. The number of halogens is 2. The molecule has 0 saturated carbocycles. The van der Waals surface area contributed by atoms with Crippen molar-refractivity contribution in [1.29, 1.82) is 0 Å². The second kappa shape index (κ2) is 11.8. The van der Waals surface area contributed by atoms with Crippen LogP contribution in [0, 0.1) is 0 Å². The fourth-order valence-electron chi connectivity index (χ4n) is 2.99. The second-order valence-corrected chi connectivity index (χ2v) is 11.1. The average Bonchev–Trinajstić information content (AvgIpc) is 2.74. The van der Waals surface area contributed by atoms with E-state index in [-0.39, 0.29) is 12.5 Å². The lowest BCUT2D eigenvalue weighted by atomic mass is 10.1. The molecule has 1 atom stereocenters. The molecule has 2 aromatic rings. The molecule has 0 bridgehead atoms. The highest BCUT2D eigenvalue weighted by atomic mass is 79.9. The molecule has 2 aromatic carbocycles. The Bertz CT molecular complexity index is 1030. The molecular formula is C22H27Br2N3O4S. The first kappa shape index (κ1) is 26.3. The van der Waals surface area contributed by atoms with Crippen LogP contribution in [0.25, 0.3) is 0 Å². The van der Waals surface area contributed by atoms with Crippen LogP contribution in [0.1, 0.15) is 25.8 Å². The molecule has 174 valence electrons. The fraction of sp³-hybridized carbons (Fsp3) is 0.364. The van der Waals surface area contributed by atoms with Crippen molar-refractivity contribution in [2.45, 2.75) is 32.9 Å². The van der Waals surface area contributed by atoms with E-state index < -0.39 is 28.5 Å². The number of carbonyl (C=O) groups is 2. The highest BCUT2D eigenvalue weighted by Gasteiger charge is 2.29. The molecule has 0 radical (unpaired) electrons. The number of hydrogen-bond donors (Lipinski definition) is 1. The molecular weight excluding hydrogens is 562 g/mol. The van der Waals surface area contributed by atoms with Gasteiger partial charge in [-0.15, -0.1) is 0 Å². The van der Waals surface area contributed by atoms with E-state index in [4.69, 9.17) is 0 Å². The van der Waals surface area contributed by atoms with Crippen molar-refractivity contribution in [1.82, 2.24) is 10.2 Å². The summed E-state index contributed by atoms with van der Waals surface area (Å²) in [6.45, 7) is 3.84. The zero-order valence-corrected chi connectivity index (χ0v) is 22.2. The summed E-state index contributed by atoms with van der Waals surface area (Å²) < 4.78 is 27.7. The molecule has 32 heavy (non-hydrogen) atoms. The third kappa shape index (κ3) is 7.60. The standard InChI is InChI=1S/C22H27Br2N3O4S/c1-4-13-25-22(29)16(2)26(14-17-5-7-18(23)8-6-17)21(28)15-27(32(3,30)31)20-11-9-19(24)10-12-20/h5-12,16H,4,13-15H2,1-3H3,(H,25,29). The summed E-state index contributed by atoms with van der Waals surface area (Å²) in [6, 6.07) is 13.3. The van der Waals surface area contributed by atoms with Gasteiger partial charge in [0.1, 0.15) is 12.6 Å². The number of nitrogens with one attached hydrogen (secondary N) is 1. The summed E-state index contributed by atoms with van der Waals surface area (Å²) >= 11 is 6.71. The van der Waals surface area contributed by atoms with E-state index in [9.17, 15) is 18.0 Å². The highest BCUT2D eigenvalue weighted by Crippen LogP contribution is 2.22. The van der Waals surface area contributed by atoms with Gasteiger partial charge in [0.15, 0.2) is 0 Å². The molecule has 0 heterocycles. The maximum Gasteiger partial charge on any atom is 0.244 e. The van der Waals surface area contributed by atoms with Crippen molar-refractivity contribution in [3.63, 3.8) is 0 Å². The van der Waals surface area contributed by atoms with E-state index in [1.807, 2.05) is 31.2 Å². The Morgan fingerprint density at radius 3 is 2.03 bits per heavy atom. The first-order valence-electron chi connectivity index (χ1n) is 10.1. The van der Waals surface area contributed by atoms with E-state index in [1.54, 1.807) is 31.2 Å². The molecule has 2 amide bonds. The highest BCUT2D eigenvalue weighted by molar-refractivity contribution is 9.10. The molecule has 0 saturated heterocycles. The van der Waals surface area contributed by atoms with Gasteiger partial charge in [-0.1, -0.05) is 50.9 Å². The van der Waals surface area contributed by atoms with Crippen LogP contribution in [0.15, 0.2) is 57.5 Å². The van der Waals surface area contributed by atoms with Gasteiger partial charge in [-0.3, -0.25) is 13.9 Å². The van der Waals surface area contributed by atoms with Crippen LogP contribution in [-0.4, -0.2) is 50.5 Å². The zero-order valence-electron chi connectivity index (χ0n) is 18.2. The van der Waals surface area contributed by atoms with Gasteiger partial charge < -0.3 is 10.2 Å². The molecule has 1 unspecified atom stereocenters. The molecule has 0 aliphatic heterocycles. The number of carbonyl (C=O) groups excluding carboxylic acids is 2. The molecule has 0 aromatic heterocycles. The Balaban J connectivity index is 2.34. The monoisotopic (exact) mass is 587 g/mol. The van der Waals surface area contributed by atoms with Crippen LogP contribution in [0.4, 0.5) is 5.69 Å². The Morgan fingerprint density at radius 2 is 1.53 bits per heavy atom. The fourth-order valence-corrected chi connectivity index (χ4v) is 4.36. The Labute approximate surface area is 206 Å². The van der Waals surface area contributed by atoms with Gasteiger partial charge in [0, 0.05) is 22.0 Å². The zero-order chi connectivity index (χ0) is 23.9. The Kier molecular flexibility index (Phi) is 9.72. The summed E-state index contributed by atoms with van der Waals surface area (Å²) in [6.07, 6.45) is 1.82. The van der Waals surface area contributed by atoms with Crippen LogP contribution in [-0.2, 0) is 26.2 Å². The van der Waals surface area contributed by atoms with Crippen molar-refractivity contribution in [2.75, 3.05) is 23.7 Å². The molecule has 7 nitrogen and oxygen atoms in total. The maximum atomic E-state index is 13.4. The average molecular weight is 589 g/mol. The molecule has 0 spiro atoms. The van der Waals surface area contributed by atoms with E-state index >= 15 is 0 Å². The van der Waals surface area contributed by atoms with E-state index in [0.29, 0.717) is 12.2 Å². The lowest BCUT2D eigenvalue weighted by Crippen LogP contribution is -2.51. The summed E-state index contributed by atoms with van der Waals surface area (Å²) in [4.78, 5) is 27.4.